The standard InChI is InChI=1S/C31H43N3O6/c1-20(18-22-13-14-29(2,3)30(22,4)5)40-27(36)24-8-7-17-34(24)28(37)31(15-16-31)32-26(35)12-10-21-9-11-23(33-38)25(19-21)39-6/h9-12,19-20,22,24H,7-8,13-18H2,1-6H3,(H,32,35)/b12-10+. The maximum atomic E-state index is 13.6. The minimum Gasteiger partial charge on any atom is -0.494 e. The molecule has 2 saturated carbocycles. The molecule has 9 nitrogen and oxygen atoms in total. The lowest BCUT2D eigenvalue weighted by molar-refractivity contribution is -0.159. The molecule has 4 rings (SSSR count). The Hall–Kier alpha value is -3.23. The molecule has 40 heavy (non-hydrogen) atoms. The number of rotatable bonds is 10. The molecule has 1 N–H and O–H groups in total. The fourth-order valence-electron chi connectivity index (χ4n) is 6.28. The summed E-state index contributed by atoms with van der Waals surface area (Å²) in [5.41, 5.74) is 0.247. The first-order chi connectivity index (χ1) is 18.8. The molecule has 0 spiro atoms. The van der Waals surface area contributed by atoms with Gasteiger partial charge in [0.05, 0.1) is 13.2 Å². The number of methoxy groups -OCH3 is 1. The van der Waals surface area contributed by atoms with Crippen LogP contribution in [-0.4, -0.2) is 54.0 Å². The molecule has 0 aromatic heterocycles. The van der Waals surface area contributed by atoms with E-state index in [9.17, 15) is 19.3 Å². The van der Waals surface area contributed by atoms with Crippen LogP contribution in [0.25, 0.3) is 6.08 Å². The molecule has 1 aromatic carbocycles. The number of likely N-dealkylation sites (tertiary alicyclic amines) is 1. The third kappa shape index (κ3) is 5.93. The Bertz CT molecular complexity index is 1190. The molecule has 3 aliphatic rings. The number of hydrogen-bond donors (Lipinski definition) is 1. The van der Waals surface area contributed by atoms with Crippen LogP contribution in [-0.2, 0) is 19.1 Å². The molecule has 9 heteroatoms. The van der Waals surface area contributed by atoms with Gasteiger partial charge in [-0.2, -0.15) is 0 Å². The number of nitrogens with one attached hydrogen (secondary N) is 1. The van der Waals surface area contributed by atoms with Crippen LogP contribution in [0.5, 0.6) is 5.75 Å². The number of carbonyl (C=O) groups excluding carboxylic acids is 3. The smallest absolute Gasteiger partial charge is 0.329 e. The van der Waals surface area contributed by atoms with Gasteiger partial charge in [-0.1, -0.05) is 33.8 Å². The second kappa shape index (κ2) is 11.3. The maximum Gasteiger partial charge on any atom is 0.329 e. The molecular formula is C31H43N3O6. The highest BCUT2D eigenvalue weighted by Gasteiger charge is 2.55. The summed E-state index contributed by atoms with van der Waals surface area (Å²) in [6, 6.07) is 4.15. The second-order valence-electron chi connectivity index (χ2n) is 12.9. The Kier molecular flexibility index (Phi) is 8.43. The van der Waals surface area contributed by atoms with Gasteiger partial charge in [0.15, 0.2) is 0 Å². The van der Waals surface area contributed by atoms with Crippen LogP contribution in [0.4, 0.5) is 5.69 Å². The van der Waals surface area contributed by atoms with Crippen molar-refractivity contribution in [3.8, 4) is 5.75 Å². The molecule has 218 valence electrons. The molecule has 1 aromatic rings. The fourth-order valence-corrected chi connectivity index (χ4v) is 6.28. The molecule has 3 atom stereocenters. The number of nitrogens with zero attached hydrogens (tertiary/aromatic N) is 2. The SMILES string of the molecule is COc1cc(/C=C/C(=O)NC2(C(=O)N3CCCC3C(=O)OC(C)CC3CCC(C)(C)C3(C)C)CC2)ccc1N=O. The van der Waals surface area contributed by atoms with Crippen molar-refractivity contribution >= 4 is 29.5 Å². The number of benzene rings is 1. The van der Waals surface area contributed by atoms with E-state index >= 15 is 0 Å². The van der Waals surface area contributed by atoms with Crippen molar-refractivity contribution in [2.45, 2.75) is 97.2 Å². The highest BCUT2D eigenvalue weighted by Crippen LogP contribution is 2.57. The van der Waals surface area contributed by atoms with E-state index < -0.39 is 17.5 Å². The normalized spacial score (nSPS) is 24.9. The topological polar surface area (TPSA) is 114 Å². The molecule has 2 aliphatic carbocycles. The van der Waals surface area contributed by atoms with Crippen LogP contribution in [0.2, 0.25) is 0 Å². The van der Waals surface area contributed by atoms with E-state index in [1.807, 2.05) is 6.92 Å². The number of esters is 1. The van der Waals surface area contributed by atoms with Crippen molar-refractivity contribution in [3.63, 3.8) is 0 Å². The Morgan fingerprint density at radius 1 is 1.15 bits per heavy atom. The maximum absolute atomic E-state index is 13.6. The van der Waals surface area contributed by atoms with Gasteiger partial charge in [-0.05, 0) is 97.6 Å². The third-order valence-corrected chi connectivity index (χ3v) is 9.85. The number of hydrogen-bond acceptors (Lipinski definition) is 7. The molecule has 2 amide bonds. The minimum absolute atomic E-state index is 0.163. The highest BCUT2D eigenvalue weighted by molar-refractivity contribution is 6.00. The average molecular weight is 554 g/mol. The molecule has 1 aliphatic heterocycles. The van der Waals surface area contributed by atoms with Gasteiger partial charge in [0.1, 0.15) is 23.0 Å². The van der Waals surface area contributed by atoms with Gasteiger partial charge in [0.25, 0.3) is 0 Å². The van der Waals surface area contributed by atoms with Crippen LogP contribution < -0.4 is 10.1 Å². The molecule has 0 bridgehead atoms. The zero-order valence-corrected chi connectivity index (χ0v) is 24.6. The quantitative estimate of drug-likeness (QED) is 0.231. The van der Waals surface area contributed by atoms with Crippen molar-refractivity contribution in [2.75, 3.05) is 13.7 Å². The molecule has 3 unspecified atom stereocenters. The van der Waals surface area contributed by atoms with Crippen LogP contribution in [0, 0.1) is 21.7 Å². The summed E-state index contributed by atoms with van der Waals surface area (Å²) in [5.74, 6) is -0.189. The summed E-state index contributed by atoms with van der Waals surface area (Å²) in [7, 11) is 1.44. The number of carbonyl (C=O) groups is 3. The van der Waals surface area contributed by atoms with Crippen LogP contribution in [0.1, 0.15) is 85.1 Å². The number of amides is 2. The average Bonchev–Trinajstić information content (AvgIpc) is 3.45. The van der Waals surface area contributed by atoms with E-state index in [-0.39, 0.29) is 34.5 Å². The van der Waals surface area contributed by atoms with Crippen LogP contribution in [0.15, 0.2) is 29.5 Å². The molecule has 0 radical (unpaired) electrons. The molecule has 1 heterocycles. The molecular weight excluding hydrogens is 510 g/mol. The van der Waals surface area contributed by atoms with Gasteiger partial charge in [0, 0.05) is 12.6 Å². The van der Waals surface area contributed by atoms with Gasteiger partial charge in [-0.15, -0.1) is 4.91 Å². The van der Waals surface area contributed by atoms with Gasteiger partial charge < -0.3 is 19.7 Å². The van der Waals surface area contributed by atoms with E-state index in [0.29, 0.717) is 43.0 Å². The first-order valence-corrected chi connectivity index (χ1v) is 14.4. The van der Waals surface area contributed by atoms with E-state index in [1.54, 1.807) is 23.1 Å². The number of ether oxygens (including phenoxy) is 2. The van der Waals surface area contributed by atoms with Gasteiger partial charge in [-0.25, -0.2) is 4.79 Å². The lowest BCUT2D eigenvalue weighted by Gasteiger charge is -2.40. The van der Waals surface area contributed by atoms with Crippen LogP contribution in [0.3, 0.4) is 0 Å². The summed E-state index contributed by atoms with van der Waals surface area (Å²) >= 11 is 0. The highest BCUT2D eigenvalue weighted by atomic mass is 16.5. The largest absolute Gasteiger partial charge is 0.494 e. The van der Waals surface area contributed by atoms with E-state index in [0.717, 1.165) is 25.7 Å². The lowest BCUT2D eigenvalue weighted by atomic mass is 9.66. The summed E-state index contributed by atoms with van der Waals surface area (Å²) in [6.07, 6.45) is 8.15. The number of nitroso groups, excluding NO2 is 1. The zero-order chi connectivity index (χ0) is 29.3. The Balaban J connectivity index is 1.34. The van der Waals surface area contributed by atoms with Crippen LogP contribution >= 0.6 is 0 Å². The summed E-state index contributed by atoms with van der Waals surface area (Å²) in [5, 5.41) is 5.77. The Morgan fingerprint density at radius 3 is 2.48 bits per heavy atom. The predicted molar refractivity (Wildman–Crippen MR) is 153 cm³/mol. The minimum atomic E-state index is -0.988. The third-order valence-electron chi connectivity index (χ3n) is 9.85. The Labute approximate surface area is 237 Å². The monoisotopic (exact) mass is 553 g/mol. The fraction of sp³-hybridized carbons (Fsp3) is 0.645. The van der Waals surface area contributed by atoms with Gasteiger partial charge in [0.2, 0.25) is 11.8 Å². The van der Waals surface area contributed by atoms with Crippen molar-refractivity contribution in [1.82, 2.24) is 10.2 Å². The van der Waals surface area contributed by atoms with Crippen molar-refractivity contribution in [1.29, 1.82) is 0 Å². The first-order valence-electron chi connectivity index (χ1n) is 14.4. The molecule has 3 fully saturated rings. The van der Waals surface area contributed by atoms with Gasteiger partial charge >= 0.3 is 5.97 Å². The molecule has 1 saturated heterocycles. The lowest BCUT2D eigenvalue weighted by Crippen LogP contribution is -2.53. The zero-order valence-electron chi connectivity index (χ0n) is 24.6. The summed E-state index contributed by atoms with van der Waals surface area (Å²) in [4.78, 5) is 52.0. The van der Waals surface area contributed by atoms with E-state index in [4.69, 9.17) is 9.47 Å². The first kappa shape index (κ1) is 29.7. The van der Waals surface area contributed by atoms with Crippen molar-refractivity contribution in [2.24, 2.45) is 21.9 Å². The summed E-state index contributed by atoms with van der Waals surface area (Å²) in [6.45, 7) is 11.7. The van der Waals surface area contributed by atoms with Crippen molar-refractivity contribution < 1.29 is 23.9 Å². The second-order valence-corrected chi connectivity index (χ2v) is 12.9. The van der Waals surface area contributed by atoms with E-state index in [2.05, 4.69) is 38.2 Å². The van der Waals surface area contributed by atoms with Gasteiger partial charge in [-0.3, -0.25) is 9.59 Å². The van der Waals surface area contributed by atoms with Crippen molar-refractivity contribution in [3.05, 3.63) is 34.7 Å². The summed E-state index contributed by atoms with van der Waals surface area (Å²) < 4.78 is 11.1. The Morgan fingerprint density at radius 2 is 1.88 bits per heavy atom. The van der Waals surface area contributed by atoms with E-state index in [1.165, 1.54) is 19.3 Å². The predicted octanol–water partition coefficient (Wildman–Crippen LogP) is 5.53.